The second kappa shape index (κ2) is 5.24. The highest BCUT2D eigenvalue weighted by molar-refractivity contribution is 8.14. The lowest BCUT2D eigenvalue weighted by Crippen LogP contribution is -2.25. The molecule has 0 aromatic carbocycles. The molecule has 1 aliphatic heterocycles. The van der Waals surface area contributed by atoms with Gasteiger partial charge in [-0.1, -0.05) is 38.5 Å². The van der Waals surface area contributed by atoms with Gasteiger partial charge >= 0.3 is 0 Å². The van der Waals surface area contributed by atoms with Crippen molar-refractivity contribution in [1.29, 1.82) is 0 Å². The standard InChI is InChI=1S/C12H22N2S/c1-9(2)11-8-14-12(15-11)13-7-10-5-3-4-6-10/h9-11H,3-8H2,1-2H3,(H,13,14). The molecular weight excluding hydrogens is 204 g/mol. The Labute approximate surface area is 97.3 Å². The van der Waals surface area contributed by atoms with Crippen molar-refractivity contribution in [1.82, 2.24) is 5.32 Å². The van der Waals surface area contributed by atoms with Gasteiger partial charge in [0.1, 0.15) is 0 Å². The molecular formula is C12H22N2S. The third kappa shape index (κ3) is 3.13. The topological polar surface area (TPSA) is 24.4 Å². The highest BCUT2D eigenvalue weighted by Gasteiger charge is 2.23. The van der Waals surface area contributed by atoms with E-state index in [0.717, 1.165) is 24.9 Å². The van der Waals surface area contributed by atoms with Crippen LogP contribution in [0.1, 0.15) is 39.5 Å². The van der Waals surface area contributed by atoms with Crippen LogP contribution >= 0.6 is 11.8 Å². The van der Waals surface area contributed by atoms with Crippen molar-refractivity contribution in [3.05, 3.63) is 0 Å². The summed E-state index contributed by atoms with van der Waals surface area (Å²) in [7, 11) is 0. The highest BCUT2D eigenvalue weighted by atomic mass is 32.2. The summed E-state index contributed by atoms with van der Waals surface area (Å²) in [6, 6.07) is 0. The summed E-state index contributed by atoms with van der Waals surface area (Å²) in [5.74, 6) is 1.65. The lowest BCUT2D eigenvalue weighted by molar-refractivity contribution is 0.537. The van der Waals surface area contributed by atoms with Crippen molar-refractivity contribution >= 4 is 16.9 Å². The van der Waals surface area contributed by atoms with E-state index in [4.69, 9.17) is 0 Å². The molecule has 1 heterocycles. The molecule has 2 rings (SSSR count). The van der Waals surface area contributed by atoms with Crippen LogP contribution in [-0.4, -0.2) is 23.5 Å². The third-order valence-electron chi connectivity index (χ3n) is 3.44. The predicted molar refractivity (Wildman–Crippen MR) is 68.5 cm³/mol. The van der Waals surface area contributed by atoms with Gasteiger partial charge in [-0.05, 0) is 24.7 Å². The van der Waals surface area contributed by atoms with Gasteiger partial charge in [0, 0.05) is 11.8 Å². The van der Waals surface area contributed by atoms with Crippen molar-refractivity contribution in [3.8, 4) is 0 Å². The van der Waals surface area contributed by atoms with Crippen molar-refractivity contribution in [3.63, 3.8) is 0 Å². The van der Waals surface area contributed by atoms with Crippen LogP contribution in [0.3, 0.4) is 0 Å². The van der Waals surface area contributed by atoms with Gasteiger partial charge in [0.2, 0.25) is 0 Å². The van der Waals surface area contributed by atoms with E-state index in [1.54, 1.807) is 0 Å². The van der Waals surface area contributed by atoms with Crippen LogP contribution < -0.4 is 5.32 Å². The number of nitrogens with one attached hydrogen (secondary N) is 1. The molecule has 0 aromatic heterocycles. The molecule has 1 atom stereocenters. The normalized spacial score (nSPS) is 27.4. The fraction of sp³-hybridized carbons (Fsp3) is 0.917. The molecule has 1 fully saturated rings. The third-order valence-corrected chi connectivity index (χ3v) is 4.93. The van der Waals surface area contributed by atoms with E-state index in [-0.39, 0.29) is 0 Å². The van der Waals surface area contributed by atoms with Gasteiger partial charge in [0.15, 0.2) is 5.17 Å². The van der Waals surface area contributed by atoms with Crippen molar-refractivity contribution in [2.24, 2.45) is 16.8 Å². The van der Waals surface area contributed by atoms with Gasteiger partial charge < -0.3 is 5.32 Å². The minimum atomic E-state index is 0.705. The molecule has 2 nitrogen and oxygen atoms in total. The zero-order chi connectivity index (χ0) is 10.7. The molecule has 0 spiro atoms. The first-order valence-corrected chi connectivity index (χ1v) is 7.08. The van der Waals surface area contributed by atoms with Crippen molar-refractivity contribution in [2.45, 2.75) is 44.8 Å². The van der Waals surface area contributed by atoms with Crippen LogP contribution in [0.25, 0.3) is 0 Å². The van der Waals surface area contributed by atoms with E-state index < -0.39 is 0 Å². The summed E-state index contributed by atoms with van der Waals surface area (Å²) < 4.78 is 0. The summed E-state index contributed by atoms with van der Waals surface area (Å²) in [5.41, 5.74) is 0. The second-order valence-corrected chi connectivity index (χ2v) is 6.31. The van der Waals surface area contributed by atoms with Crippen LogP contribution in [0.4, 0.5) is 0 Å². The number of hydrogen-bond donors (Lipinski definition) is 1. The first kappa shape index (κ1) is 11.3. The zero-order valence-electron chi connectivity index (χ0n) is 9.83. The van der Waals surface area contributed by atoms with E-state index in [1.165, 1.54) is 30.9 Å². The lowest BCUT2D eigenvalue weighted by atomic mass is 10.1. The first-order chi connectivity index (χ1) is 7.25. The van der Waals surface area contributed by atoms with Crippen LogP contribution in [0.2, 0.25) is 0 Å². The summed E-state index contributed by atoms with van der Waals surface area (Å²) in [5, 5.41) is 5.42. The van der Waals surface area contributed by atoms with Gasteiger partial charge in [-0.2, -0.15) is 0 Å². The number of hydrogen-bond acceptors (Lipinski definition) is 3. The van der Waals surface area contributed by atoms with Gasteiger partial charge in [-0.25, -0.2) is 0 Å². The molecule has 0 aromatic rings. The van der Waals surface area contributed by atoms with Gasteiger partial charge in [-0.3, -0.25) is 4.99 Å². The molecule has 15 heavy (non-hydrogen) atoms. The highest BCUT2D eigenvalue weighted by Crippen LogP contribution is 2.27. The summed E-state index contributed by atoms with van der Waals surface area (Å²) >= 11 is 1.94. The zero-order valence-corrected chi connectivity index (χ0v) is 10.6. The van der Waals surface area contributed by atoms with Crippen LogP contribution in [0, 0.1) is 11.8 Å². The Bertz CT molecular complexity index is 232. The van der Waals surface area contributed by atoms with Gasteiger partial charge in [-0.15, -0.1) is 0 Å². The number of rotatable bonds is 3. The Balaban J connectivity index is 1.68. The Kier molecular flexibility index (Phi) is 3.95. The van der Waals surface area contributed by atoms with Gasteiger partial charge in [0.25, 0.3) is 0 Å². The van der Waals surface area contributed by atoms with E-state index in [0.29, 0.717) is 5.25 Å². The molecule has 86 valence electrons. The summed E-state index contributed by atoms with van der Waals surface area (Å²) in [6.45, 7) is 6.73. The summed E-state index contributed by atoms with van der Waals surface area (Å²) in [4.78, 5) is 4.57. The number of nitrogens with zero attached hydrogens (tertiary/aromatic N) is 1. The van der Waals surface area contributed by atoms with Crippen molar-refractivity contribution < 1.29 is 0 Å². The Hall–Kier alpha value is -0.180. The molecule has 0 saturated heterocycles. The minimum Gasteiger partial charge on any atom is -0.365 e. The molecule has 1 N–H and O–H groups in total. The largest absolute Gasteiger partial charge is 0.365 e. The molecule has 2 aliphatic rings. The molecule has 0 amide bonds. The van der Waals surface area contributed by atoms with E-state index in [1.807, 2.05) is 11.8 Å². The fourth-order valence-electron chi connectivity index (χ4n) is 2.28. The van der Waals surface area contributed by atoms with Crippen molar-refractivity contribution in [2.75, 3.05) is 13.1 Å². The smallest absolute Gasteiger partial charge is 0.156 e. The number of amidine groups is 1. The van der Waals surface area contributed by atoms with Crippen LogP contribution in [0.5, 0.6) is 0 Å². The minimum absolute atomic E-state index is 0.705. The number of aliphatic imine (C=N–C) groups is 1. The molecule has 1 aliphatic carbocycles. The average Bonchev–Trinajstić information content (AvgIpc) is 2.86. The summed E-state index contributed by atoms with van der Waals surface area (Å²) in [6.07, 6.45) is 5.69. The molecule has 0 radical (unpaired) electrons. The number of thioether (sulfide) groups is 1. The Morgan fingerprint density at radius 1 is 1.40 bits per heavy atom. The van der Waals surface area contributed by atoms with Crippen LogP contribution in [0.15, 0.2) is 4.99 Å². The van der Waals surface area contributed by atoms with Gasteiger partial charge in [0.05, 0.1) is 6.54 Å². The Morgan fingerprint density at radius 3 is 2.73 bits per heavy atom. The fourth-order valence-corrected chi connectivity index (χ4v) is 3.31. The first-order valence-electron chi connectivity index (χ1n) is 6.20. The van der Waals surface area contributed by atoms with E-state index in [2.05, 4.69) is 24.2 Å². The van der Waals surface area contributed by atoms with E-state index in [9.17, 15) is 0 Å². The monoisotopic (exact) mass is 226 g/mol. The maximum absolute atomic E-state index is 4.57. The predicted octanol–water partition coefficient (Wildman–Crippen LogP) is 2.89. The Morgan fingerprint density at radius 2 is 2.13 bits per heavy atom. The molecule has 0 bridgehead atoms. The average molecular weight is 226 g/mol. The van der Waals surface area contributed by atoms with E-state index >= 15 is 0 Å². The molecule has 1 saturated carbocycles. The molecule has 3 heteroatoms. The maximum atomic E-state index is 4.57. The SMILES string of the molecule is CC(C)C1CN=C(NCC2CCCC2)S1. The second-order valence-electron chi connectivity index (χ2n) is 5.08. The maximum Gasteiger partial charge on any atom is 0.156 e. The molecule has 1 unspecified atom stereocenters. The van der Waals surface area contributed by atoms with Crippen LogP contribution in [-0.2, 0) is 0 Å². The quantitative estimate of drug-likeness (QED) is 0.800. The lowest BCUT2D eigenvalue weighted by Gasteiger charge is -2.14.